The van der Waals surface area contributed by atoms with Crippen LogP contribution in [-0.2, 0) is 17.9 Å². The molecule has 4 rings (SSSR count). The minimum atomic E-state index is -0.319. The van der Waals surface area contributed by atoms with Crippen LogP contribution in [0.4, 0.5) is 0 Å². The smallest absolute Gasteiger partial charge is 0.277 e. The van der Waals surface area contributed by atoms with Gasteiger partial charge in [0.25, 0.3) is 5.56 Å². The molecule has 0 unspecified atom stereocenters. The number of amides is 1. The van der Waals surface area contributed by atoms with Gasteiger partial charge < -0.3 is 14.6 Å². The lowest BCUT2D eigenvalue weighted by atomic mass is 9.99. The summed E-state index contributed by atoms with van der Waals surface area (Å²) in [6.45, 7) is 3.37. The number of hydrogen-bond acceptors (Lipinski definition) is 4. The van der Waals surface area contributed by atoms with Crippen LogP contribution < -0.4 is 5.56 Å². The highest BCUT2D eigenvalue weighted by Gasteiger charge is 2.22. The number of rotatable bonds is 4. The summed E-state index contributed by atoms with van der Waals surface area (Å²) in [6.07, 6.45) is 5.24. The molecule has 0 atom stereocenters. The summed E-state index contributed by atoms with van der Waals surface area (Å²) in [5.74, 6) is 0.588. The van der Waals surface area contributed by atoms with Gasteiger partial charge >= 0.3 is 0 Å². The largest absolute Gasteiger partial charge is 0.392 e. The molecular formula is C21H24N4O3. The van der Waals surface area contributed by atoms with Crippen LogP contribution in [0.3, 0.4) is 0 Å². The van der Waals surface area contributed by atoms with Crippen molar-refractivity contribution in [1.82, 2.24) is 19.1 Å². The molecule has 3 aromatic rings. The highest BCUT2D eigenvalue weighted by molar-refractivity contribution is 5.76. The Hall–Kier alpha value is -2.93. The van der Waals surface area contributed by atoms with Crippen LogP contribution in [0, 0.1) is 5.92 Å². The number of piperidine rings is 1. The van der Waals surface area contributed by atoms with E-state index >= 15 is 0 Å². The van der Waals surface area contributed by atoms with Crippen LogP contribution in [0.25, 0.3) is 16.8 Å². The fourth-order valence-corrected chi connectivity index (χ4v) is 3.76. The maximum Gasteiger partial charge on any atom is 0.277 e. The first kappa shape index (κ1) is 18.4. The van der Waals surface area contributed by atoms with Crippen molar-refractivity contribution in [1.29, 1.82) is 0 Å². The van der Waals surface area contributed by atoms with Crippen LogP contribution in [0.15, 0.2) is 47.5 Å². The first-order chi connectivity index (χ1) is 13.6. The molecule has 28 heavy (non-hydrogen) atoms. The van der Waals surface area contributed by atoms with Crippen LogP contribution in [0.2, 0.25) is 0 Å². The Morgan fingerprint density at radius 1 is 1.18 bits per heavy atom. The fraction of sp³-hybridized carbons (Fsp3) is 0.381. The minimum Gasteiger partial charge on any atom is -0.392 e. The number of hydrogen-bond donors (Lipinski definition) is 1. The topological polar surface area (TPSA) is 79.8 Å². The summed E-state index contributed by atoms with van der Waals surface area (Å²) in [5, 5.41) is 14.4. The number of aliphatic hydroxyl groups is 1. The number of carbonyl (C=O) groups excluding carboxylic acids is 1. The van der Waals surface area contributed by atoms with Crippen molar-refractivity contribution in [2.75, 3.05) is 13.1 Å². The van der Waals surface area contributed by atoms with E-state index in [-0.39, 0.29) is 24.6 Å². The highest BCUT2D eigenvalue weighted by Crippen LogP contribution is 2.24. The minimum absolute atomic E-state index is 0.000430. The summed E-state index contributed by atoms with van der Waals surface area (Å²) in [6, 6.07) is 9.45. The third-order valence-corrected chi connectivity index (χ3v) is 5.51. The molecule has 7 heteroatoms. The summed E-state index contributed by atoms with van der Waals surface area (Å²) >= 11 is 0. The Morgan fingerprint density at radius 2 is 1.89 bits per heavy atom. The molecule has 1 aromatic carbocycles. The predicted octanol–water partition coefficient (Wildman–Crippen LogP) is 1.91. The number of nitrogens with zero attached hydrogens (tertiary/aromatic N) is 4. The van der Waals surface area contributed by atoms with E-state index in [1.807, 2.05) is 35.2 Å². The molecule has 1 fully saturated rings. The Bertz CT molecular complexity index is 1050. The second-order valence-corrected chi connectivity index (χ2v) is 7.44. The molecule has 1 aliphatic heterocycles. The van der Waals surface area contributed by atoms with Crippen molar-refractivity contribution < 1.29 is 9.90 Å². The first-order valence-corrected chi connectivity index (χ1v) is 9.63. The van der Waals surface area contributed by atoms with Crippen molar-refractivity contribution in [2.24, 2.45) is 5.92 Å². The zero-order valence-corrected chi connectivity index (χ0v) is 15.9. The highest BCUT2D eigenvalue weighted by atomic mass is 16.3. The van der Waals surface area contributed by atoms with Gasteiger partial charge in [-0.05, 0) is 18.8 Å². The van der Waals surface area contributed by atoms with Crippen LogP contribution in [-0.4, -0.2) is 43.2 Å². The number of likely N-dealkylation sites (tertiary alicyclic amines) is 1. The SMILES string of the molecule is CC1CCN(C(=O)Cn2ccn3nc(-c4ccccc4)c(CO)c3c2=O)CC1. The number of carbonyl (C=O) groups is 1. The van der Waals surface area contributed by atoms with Gasteiger partial charge in [-0.2, -0.15) is 5.10 Å². The van der Waals surface area contributed by atoms with E-state index in [4.69, 9.17) is 0 Å². The number of fused-ring (bicyclic) bond motifs is 1. The molecule has 0 saturated carbocycles. The standard InChI is InChI=1S/C21H24N4O3/c1-15-7-9-23(10-8-15)18(27)13-24-11-12-25-20(21(24)28)17(14-26)19(22-25)16-5-3-2-4-6-16/h2-6,11-12,15,26H,7-10,13-14H2,1H3. The molecule has 7 nitrogen and oxygen atoms in total. The fourth-order valence-electron chi connectivity index (χ4n) is 3.76. The molecule has 1 saturated heterocycles. The van der Waals surface area contributed by atoms with E-state index in [2.05, 4.69) is 12.0 Å². The van der Waals surface area contributed by atoms with Crippen molar-refractivity contribution in [3.63, 3.8) is 0 Å². The summed E-state index contributed by atoms with van der Waals surface area (Å²) in [4.78, 5) is 27.5. The third-order valence-electron chi connectivity index (χ3n) is 5.51. The lowest BCUT2D eigenvalue weighted by Crippen LogP contribution is -2.41. The van der Waals surface area contributed by atoms with Gasteiger partial charge in [-0.1, -0.05) is 37.3 Å². The van der Waals surface area contributed by atoms with Crippen LogP contribution in [0.1, 0.15) is 25.3 Å². The van der Waals surface area contributed by atoms with Gasteiger partial charge in [0, 0.05) is 36.6 Å². The lowest BCUT2D eigenvalue weighted by Gasteiger charge is -2.30. The average molecular weight is 380 g/mol. The zero-order chi connectivity index (χ0) is 19.7. The zero-order valence-electron chi connectivity index (χ0n) is 15.9. The van der Waals surface area contributed by atoms with E-state index in [9.17, 15) is 14.7 Å². The quantitative estimate of drug-likeness (QED) is 0.750. The number of benzene rings is 1. The van der Waals surface area contributed by atoms with Crippen molar-refractivity contribution >= 4 is 11.4 Å². The molecule has 2 aromatic heterocycles. The van der Waals surface area contributed by atoms with Gasteiger partial charge in [0.1, 0.15) is 12.1 Å². The van der Waals surface area contributed by atoms with Crippen LogP contribution >= 0.6 is 0 Å². The maximum absolute atomic E-state index is 13.0. The third kappa shape index (κ3) is 3.33. The van der Waals surface area contributed by atoms with Gasteiger partial charge in [-0.25, -0.2) is 4.52 Å². The molecule has 0 aliphatic carbocycles. The Morgan fingerprint density at radius 3 is 2.57 bits per heavy atom. The van der Waals surface area contributed by atoms with E-state index < -0.39 is 0 Å². The second kappa shape index (κ2) is 7.59. The molecule has 0 bridgehead atoms. The summed E-state index contributed by atoms with van der Waals surface area (Å²) < 4.78 is 2.89. The second-order valence-electron chi connectivity index (χ2n) is 7.44. The van der Waals surface area contributed by atoms with E-state index in [0.717, 1.165) is 31.5 Å². The molecular weight excluding hydrogens is 356 g/mol. The average Bonchev–Trinajstić information content (AvgIpc) is 3.10. The van der Waals surface area contributed by atoms with Gasteiger partial charge in [-0.15, -0.1) is 0 Å². The normalized spacial score (nSPS) is 15.3. The molecule has 1 aliphatic rings. The Kier molecular flexibility index (Phi) is 5.00. The van der Waals surface area contributed by atoms with Gasteiger partial charge in [0.2, 0.25) is 5.91 Å². The predicted molar refractivity (Wildman–Crippen MR) is 106 cm³/mol. The van der Waals surface area contributed by atoms with E-state index in [1.165, 1.54) is 9.08 Å². The van der Waals surface area contributed by atoms with Crippen molar-refractivity contribution in [3.8, 4) is 11.3 Å². The number of aliphatic hydroxyl groups excluding tert-OH is 1. The molecule has 146 valence electrons. The lowest BCUT2D eigenvalue weighted by molar-refractivity contribution is -0.133. The van der Waals surface area contributed by atoms with Crippen molar-refractivity contribution in [3.05, 3.63) is 58.6 Å². The Labute approximate surface area is 162 Å². The molecule has 1 N–H and O–H groups in total. The van der Waals surface area contributed by atoms with Gasteiger partial charge in [0.15, 0.2) is 0 Å². The summed E-state index contributed by atoms with van der Waals surface area (Å²) in [5.41, 5.74) is 1.88. The Balaban J connectivity index is 1.69. The molecule has 0 spiro atoms. The van der Waals surface area contributed by atoms with Crippen molar-refractivity contribution in [2.45, 2.75) is 32.9 Å². The van der Waals surface area contributed by atoms with E-state index in [0.29, 0.717) is 22.7 Å². The molecule has 1 amide bonds. The molecule has 3 heterocycles. The van der Waals surface area contributed by atoms with Crippen LogP contribution in [0.5, 0.6) is 0 Å². The summed E-state index contributed by atoms with van der Waals surface area (Å²) in [7, 11) is 0. The first-order valence-electron chi connectivity index (χ1n) is 9.63. The maximum atomic E-state index is 13.0. The van der Waals surface area contributed by atoms with Gasteiger partial charge in [0.05, 0.1) is 12.3 Å². The number of aromatic nitrogens is 3. The van der Waals surface area contributed by atoms with Gasteiger partial charge in [-0.3, -0.25) is 9.59 Å². The monoisotopic (exact) mass is 380 g/mol. The molecule has 0 radical (unpaired) electrons. The van der Waals surface area contributed by atoms with E-state index in [1.54, 1.807) is 12.4 Å².